The highest BCUT2D eigenvalue weighted by molar-refractivity contribution is 7.86. The first-order valence-electron chi connectivity index (χ1n) is 21.3. The largest absolute Gasteiger partial charge is 0.744 e. The molecular weight excluding hydrogens is 1040 g/mol. The molecule has 10 rings (SSSR count). The number of nitrogens with zero attached hydrogens (tertiary/aromatic N) is 3. The molecule has 2 aliphatic rings. The summed E-state index contributed by atoms with van der Waals surface area (Å²) in [5.41, 5.74) is 2.09. The second-order valence-corrected chi connectivity index (χ2v) is 22.1. The summed E-state index contributed by atoms with van der Waals surface area (Å²) in [4.78, 5) is 40.9. The first kappa shape index (κ1) is 49.3. The maximum Gasteiger partial charge on any atom is 0.328 e. The van der Waals surface area contributed by atoms with Gasteiger partial charge in [-0.2, -0.15) is 4.39 Å². The van der Waals surface area contributed by atoms with Gasteiger partial charge in [0, 0.05) is 44.3 Å². The van der Waals surface area contributed by atoms with E-state index in [1.165, 1.54) is 48.5 Å². The maximum atomic E-state index is 14.5. The molecule has 0 atom stereocenters. The van der Waals surface area contributed by atoms with Crippen LogP contribution in [0.15, 0.2) is 151 Å². The highest BCUT2D eigenvalue weighted by atomic mass is 32.2. The van der Waals surface area contributed by atoms with Crippen LogP contribution >= 0.6 is 0 Å². The molecule has 25 heteroatoms. The lowest BCUT2D eigenvalue weighted by Gasteiger charge is -2.16. The van der Waals surface area contributed by atoms with Crippen LogP contribution in [0.25, 0.3) is 90.9 Å². The van der Waals surface area contributed by atoms with E-state index in [9.17, 15) is 65.9 Å². The summed E-state index contributed by atoms with van der Waals surface area (Å²) in [6, 6.07) is 25.2. The molecule has 8 bridgehead atoms. The van der Waals surface area contributed by atoms with Crippen LogP contribution in [0.3, 0.4) is 0 Å². The van der Waals surface area contributed by atoms with E-state index in [1.54, 1.807) is 53.6 Å². The van der Waals surface area contributed by atoms with Crippen LogP contribution in [0.1, 0.15) is 28.3 Å². The third-order valence-corrected chi connectivity index (χ3v) is 15.5. The molecule has 0 fully saturated rings. The number of aromatic amines is 3. The Hall–Kier alpha value is -8.27. The number of aromatic nitrogens is 6. The lowest BCUT2D eigenvalue weighted by molar-refractivity contribution is 0.459. The summed E-state index contributed by atoms with van der Waals surface area (Å²) in [6.07, 6.45) is 7.02. The molecule has 0 amide bonds. The van der Waals surface area contributed by atoms with Crippen molar-refractivity contribution in [2.45, 2.75) is 26.1 Å². The Morgan fingerprint density at radius 3 is 1.12 bits per heavy atom. The fraction of sp³-hybridized carbons (Fsp3) is 0.0204. The standard InChI is InChI=1S/C49H33FN6O14S4/c50-34-25-56(49(58)55-48(34)57)24-30-23-29(7-22-43(30)74(68,69)70)47-41-20-18-39(53-41)45(27-3-10-32(11-4-27)72(62,63)64)37-16-14-35(51-37)44(26-1-8-31(9-2-26)71(59,60)61)36-15-17-38(52-36)46(40-19-21-42(47)54-40)28-5-12-33(13-6-28)73(65,66)67/h1-23,25,51,54H,24H2,(H,55,57,58)(H,59,60,61)(H,62,63,64)(H,65,66,67)(H,68,69,70)/p-4. The van der Waals surface area contributed by atoms with Crippen molar-refractivity contribution in [3.8, 4) is 44.5 Å². The molecule has 8 aromatic rings. The zero-order valence-electron chi connectivity index (χ0n) is 37.1. The van der Waals surface area contributed by atoms with Gasteiger partial charge in [-0.15, -0.1) is 0 Å². The van der Waals surface area contributed by atoms with E-state index in [0.717, 1.165) is 42.5 Å². The molecule has 4 aromatic heterocycles. The minimum atomic E-state index is -5.27. The normalized spacial score (nSPS) is 12.9. The van der Waals surface area contributed by atoms with Gasteiger partial charge in [-0.25, -0.2) is 48.4 Å². The van der Waals surface area contributed by atoms with Gasteiger partial charge in [0.15, 0.2) is 0 Å². The third kappa shape index (κ3) is 9.47. The molecule has 0 spiro atoms. The van der Waals surface area contributed by atoms with Gasteiger partial charge in [0.1, 0.15) is 40.5 Å². The quantitative estimate of drug-likeness (QED) is 0.133. The van der Waals surface area contributed by atoms with Gasteiger partial charge in [0.25, 0.3) is 5.56 Å². The van der Waals surface area contributed by atoms with Crippen molar-refractivity contribution in [2.24, 2.45) is 0 Å². The van der Waals surface area contributed by atoms with Gasteiger partial charge in [0.2, 0.25) is 5.82 Å². The number of halogens is 1. The predicted octanol–water partition coefficient (Wildman–Crippen LogP) is 5.98. The van der Waals surface area contributed by atoms with E-state index in [1.807, 2.05) is 0 Å². The van der Waals surface area contributed by atoms with E-state index in [-0.39, 0.29) is 45.0 Å². The Balaban J connectivity index is 1.34. The summed E-state index contributed by atoms with van der Waals surface area (Å²) in [5.74, 6) is -1.37. The number of H-pyrrole nitrogens is 3. The fourth-order valence-electron chi connectivity index (χ4n) is 8.67. The SMILES string of the molecule is O=c1[nH]c(=O)n(Cc2cc(-c3c4nc(c(-c5ccc(S(=O)(=O)[O-])cc5)c5ccc([nH]5)c(-c5ccc(S(=O)(=O)[O-])cc5)c5nc(c(-c6ccc(S(=O)(=O)[O-])cc6)c6ccc3[nH]6)C=C5)C=C4)ccc2S(=O)(=O)[O-])cc1F. The zero-order chi connectivity index (χ0) is 52.6. The highest BCUT2D eigenvalue weighted by Gasteiger charge is 2.22. The minimum absolute atomic E-state index is 0.175. The number of hydrogen-bond acceptors (Lipinski definition) is 16. The molecule has 4 aromatic carbocycles. The average molecular weight is 1070 g/mol. The van der Waals surface area contributed by atoms with Crippen LogP contribution in [0.4, 0.5) is 4.39 Å². The fourth-order valence-corrected chi connectivity index (χ4v) is 10.8. The van der Waals surface area contributed by atoms with Gasteiger partial charge in [0.05, 0.1) is 55.1 Å². The Morgan fingerprint density at radius 2 is 0.784 bits per heavy atom. The Bertz CT molecular complexity index is 4480. The van der Waals surface area contributed by atoms with Crippen molar-refractivity contribution < 1.29 is 56.3 Å². The van der Waals surface area contributed by atoms with Gasteiger partial charge in [-0.05, 0) is 125 Å². The highest BCUT2D eigenvalue weighted by Crippen LogP contribution is 2.40. The van der Waals surface area contributed by atoms with Gasteiger partial charge in [-0.3, -0.25) is 14.3 Å². The molecule has 0 saturated heterocycles. The van der Waals surface area contributed by atoms with Crippen LogP contribution in [0, 0.1) is 5.82 Å². The molecule has 2 aliphatic heterocycles. The van der Waals surface area contributed by atoms with Gasteiger partial charge >= 0.3 is 5.69 Å². The van der Waals surface area contributed by atoms with Crippen molar-refractivity contribution in [2.75, 3.05) is 0 Å². The van der Waals surface area contributed by atoms with Crippen LogP contribution in [0.2, 0.25) is 0 Å². The third-order valence-electron chi connectivity index (χ3n) is 12.0. The zero-order valence-corrected chi connectivity index (χ0v) is 40.4. The molecule has 0 saturated carbocycles. The van der Waals surface area contributed by atoms with Gasteiger partial charge in [-0.1, -0.05) is 42.5 Å². The number of rotatable bonds is 10. The summed E-state index contributed by atoms with van der Waals surface area (Å²) in [5, 5.41) is 0. The molecule has 6 heterocycles. The number of hydrogen-bond donors (Lipinski definition) is 3. The number of nitrogens with one attached hydrogen (secondary N) is 3. The Kier molecular flexibility index (Phi) is 12.0. The second kappa shape index (κ2) is 18.0. The number of benzene rings is 4. The van der Waals surface area contributed by atoms with Crippen molar-refractivity contribution >= 4 is 86.8 Å². The molecule has 74 heavy (non-hydrogen) atoms. The topological polar surface area (TPSA) is 341 Å². The van der Waals surface area contributed by atoms with E-state index in [0.29, 0.717) is 60.7 Å². The lowest BCUT2D eigenvalue weighted by atomic mass is 10.0. The molecule has 20 nitrogen and oxygen atoms in total. The van der Waals surface area contributed by atoms with E-state index in [2.05, 4.69) is 9.97 Å². The van der Waals surface area contributed by atoms with Crippen molar-refractivity contribution in [3.63, 3.8) is 0 Å². The minimum Gasteiger partial charge on any atom is -0.744 e. The van der Waals surface area contributed by atoms with Crippen molar-refractivity contribution in [1.29, 1.82) is 0 Å². The number of fused-ring (bicyclic) bond motifs is 8. The van der Waals surface area contributed by atoms with Crippen molar-refractivity contribution in [3.05, 3.63) is 176 Å². The molecular formula is C49H29FN6O14S4-4. The van der Waals surface area contributed by atoms with Crippen LogP contribution < -0.4 is 11.2 Å². The second-order valence-electron chi connectivity index (χ2n) is 16.6. The predicted molar refractivity (Wildman–Crippen MR) is 263 cm³/mol. The summed E-state index contributed by atoms with van der Waals surface area (Å²) in [6.45, 7) is -0.721. The van der Waals surface area contributed by atoms with Gasteiger partial charge < -0.3 is 28.2 Å². The summed E-state index contributed by atoms with van der Waals surface area (Å²) in [7, 11) is -19.9. The first-order valence-corrected chi connectivity index (χ1v) is 27.0. The van der Waals surface area contributed by atoms with Crippen LogP contribution in [-0.2, 0) is 47.0 Å². The van der Waals surface area contributed by atoms with Crippen LogP contribution in [-0.4, -0.2) is 81.4 Å². The lowest BCUT2D eigenvalue weighted by Crippen LogP contribution is -2.31. The summed E-state index contributed by atoms with van der Waals surface area (Å²) < 4.78 is 161. The molecule has 374 valence electrons. The monoisotopic (exact) mass is 1070 g/mol. The van der Waals surface area contributed by atoms with E-state index >= 15 is 0 Å². The molecule has 0 aliphatic carbocycles. The van der Waals surface area contributed by atoms with E-state index in [4.69, 9.17) is 9.97 Å². The Morgan fingerprint density at radius 1 is 0.446 bits per heavy atom. The Labute approximate surface area is 417 Å². The smallest absolute Gasteiger partial charge is 0.328 e. The first-order chi connectivity index (χ1) is 34.9. The maximum absolute atomic E-state index is 14.5. The molecule has 0 unspecified atom stereocenters. The van der Waals surface area contributed by atoms with E-state index < -0.39 is 83.7 Å². The average Bonchev–Trinajstić information content (AvgIpc) is 4.19. The summed E-state index contributed by atoms with van der Waals surface area (Å²) >= 11 is 0. The molecule has 0 radical (unpaired) electrons. The van der Waals surface area contributed by atoms with Crippen LogP contribution in [0.5, 0.6) is 0 Å². The molecule has 3 N–H and O–H groups in total. The van der Waals surface area contributed by atoms with Crippen molar-refractivity contribution in [1.82, 2.24) is 29.5 Å².